The van der Waals surface area contributed by atoms with E-state index in [9.17, 15) is 9.59 Å². The highest BCUT2D eigenvalue weighted by Gasteiger charge is 2.21. The zero-order valence-corrected chi connectivity index (χ0v) is 12.4. The minimum atomic E-state index is -0.550. The predicted molar refractivity (Wildman–Crippen MR) is 83.0 cm³/mol. The van der Waals surface area contributed by atoms with Crippen LogP contribution in [-0.4, -0.2) is 21.0 Å². The number of imidazole rings is 1. The van der Waals surface area contributed by atoms with E-state index >= 15 is 0 Å². The third-order valence-electron chi connectivity index (χ3n) is 2.94. The molecule has 0 spiro atoms. The van der Waals surface area contributed by atoms with Crippen LogP contribution in [-0.2, 0) is 0 Å². The normalized spacial score (nSPS) is 10.7. The van der Waals surface area contributed by atoms with Crippen molar-refractivity contribution in [3.05, 3.63) is 69.7 Å². The van der Waals surface area contributed by atoms with Gasteiger partial charge in [-0.3, -0.25) is 14.0 Å². The summed E-state index contributed by atoms with van der Waals surface area (Å²) in [5, 5.41) is 0. The SMILES string of the molecule is O=C(C(=O)c1cnc2ccc(I)cn12)c1ccccc1. The molecule has 4 nitrogen and oxygen atoms in total. The Bertz CT molecular complexity index is 809. The molecule has 0 amide bonds. The molecular formula is C15H9IN2O2. The summed E-state index contributed by atoms with van der Waals surface area (Å²) in [4.78, 5) is 28.6. The van der Waals surface area contributed by atoms with E-state index in [1.165, 1.54) is 6.20 Å². The predicted octanol–water partition coefficient (Wildman–Crippen LogP) is 3.00. The molecule has 98 valence electrons. The molecule has 0 bridgehead atoms. The van der Waals surface area contributed by atoms with E-state index in [2.05, 4.69) is 27.6 Å². The van der Waals surface area contributed by atoms with E-state index in [1.54, 1.807) is 40.9 Å². The van der Waals surface area contributed by atoms with Gasteiger partial charge in [-0.1, -0.05) is 30.3 Å². The lowest BCUT2D eigenvalue weighted by atomic mass is 10.1. The van der Waals surface area contributed by atoms with Crippen LogP contribution in [0.3, 0.4) is 0 Å². The van der Waals surface area contributed by atoms with Gasteiger partial charge in [0.25, 0.3) is 5.78 Å². The average molecular weight is 376 g/mol. The molecular weight excluding hydrogens is 367 g/mol. The van der Waals surface area contributed by atoms with Crippen molar-refractivity contribution >= 4 is 39.8 Å². The van der Waals surface area contributed by atoms with Gasteiger partial charge in [0.2, 0.25) is 5.78 Å². The van der Waals surface area contributed by atoms with E-state index in [0.717, 1.165) is 3.57 Å². The van der Waals surface area contributed by atoms with Crippen LogP contribution in [0.2, 0.25) is 0 Å². The zero-order chi connectivity index (χ0) is 14.1. The second-order valence-corrected chi connectivity index (χ2v) is 5.49. The minimum Gasteiger partial charge on any atom is -0.296 e. The summed E-state index contributed by atoms with van der Waals surface area (Å²) in [7, 11) is 0. The minimum absolute atomic E-state index is 0.285. The van der Waals surface area contributed by atoms with Gasteiger partial charge in [0.05, 0.1) is 6.20 Å². The molecule has 3 rings (SSSR count). The fourth-order valence-corrected chi connectivity index (χ4v) is 2.42. The molecule has 0 unspecified atom stereocenters. The van der Waals surface area contributed by atoms with Crippen LogP contribution in [0.4, 0.5) is 0 Å². The van der Waals surface area contributed by atoms with Crippen LogP contribution in [0.5, 0.6) is 0 Å². The van der Waals surface area contributed by atoms with Gasteiger partial charge in [-0.15, -0.1) is 0 Å². The third-order valence-corrected chi connectivity index (χ3v) is 3.58. The molecule has 2 heterocycles. The first kappa shape index (κ1) is 13.0. The molecule has 3 aromatic rings. The fraction of sp³-hybridized carbons (Fsp3) is 0. The van der Waals surface area contributed by atoms with Crippen molar-refractivity contribution in [3.63, 3.8) is 0 Å². The molecule has 0 fully saturated rings. The van der Waals surface area contributed by atoms with Crippen LogP contribution in [0, 0.1) is 3.57 Å². The monoisotopic (exact) mass is 376 g/mol. The Hall–Kier alpha value is -2.02. The number of benzene rings is 1. The Morgan fingerprint density at radius 1 is 1.00 bits per heavy atom. The lowest BCUT2D eigenvalue weighted by Crippen LogP contribution is -2.16. The first-order valence-corrected chi connectivity index (χ1v) is 7.01. The molecule has 20 heavy (non-hydrogen) atoms. The van der Waals surface area contributed by atoms with E-state index in [0.29, 0.717) is 11.2 Å². The molecule has 0 aliphatic rings. The summed E-state index contributed by atoms with van der Waals surface area (Å²) in [6, 6.07) is 12.2. The highest BCUT2D eigenvalue weighted by molar-refractivity contribution is 14.1. The first-order chi connectivity index (χ1) is 9.66. The van der Waals surface area contributed by atoms with Crippen LogP contribution in [0.15, 0.2) is 54.9 Å². The summed E-state index contributed by atoms with van der Waals surface area (Å²) in [5.74, 6) is -1.07. The van der Waals surface area contributed by atoms with Gasteiger partial charge in [0.1, 0.15) is 11.3 Å². The number of hydrogen-bond acceptors (Lipinski definition) is 3. The number of hydrogen-bond donors (Lipinski definition) is 0. The zero-order valence-electron chi connectivity index (χ0n) is 10.3. The highest BCUT2D eigenvalue weighted by atomic mass is 127. The fourth-order valence-electron chi connectivity index (χ4n) is 1.96. The van der Waals surface area contributed by atoms with Gasteiger partial charge >= 0.3 is 0 Å². The Morgan fingerprint density at radius 2 is 1.75 bits per heavy atom. The second-order valence-electron chi connectivity index (χ2n) is 4.24. The maximum atomic E-state index is 12.3. The maximum absolute atomic E-state index is 12.3. The van der Waals surface area contributed by atoms with Gasteiger partial charge in [-0.25, -0.2) is 4.98 Å². The number of aromatic nitrogens is 2. The summed E-state index contributed by atoms with van der Waals surface area (Å²) < 4.78 is 2.61. The van der Waals surface area contributed by atoms with Crippen LogP contribution >= 0.6 is 22.6 Å². The molecule has 0 aliphatic heterocycles. The number of rotatable bonds is 3. The van der Waals surface area contributed by atoms with Gasteiger partial charge < -0.3 is 0 Å². The van der Waals surface area contributed by atoms with E-state index in [-0.39, 0.29) is 5.69 Å². The van der Waals surface area contributed by atoms with Crippen LogP contribution in [0.1, 0.15) is 20.8 Å². The Balaban J connectivity index is 2.05. The van der Waals surface area contributed by atoms with E-state index in [4.69, 9.17) is 0 Å². The number of halogens is 1. The van der Waals surface area contributed by atoms with Crippen molar-refractivity contribution in [2.24, 2.45) is 0 Å². The van der Waals surface area contributed by atoms with Crippen molar-refractivity contribution in [1.29, 1.82) is 0 Å². The number of carbonyl (C=O) groups is 2. The van der Waals surface area contributed by atoms with Gasteiger partial charge in [-0.2, -0.15) is 0 Å². The van der Waals surface area contributed by atoms with Crippen molar-refractivity contribution in [2.45, 2.75) is 0 Å². The summed E-state index contributed by atoms with van der Waals surface area (Å²) in [5.41, 5.74) is 1.32. The largest absolute Gasteiger partial charge is 0.296 e. The second kappa shape index (κ2) is 5.16. The van der Waals surface area contributed by atoms with Crippen molar-refractivity contribution in [2.75, 3.05) is 0 Å². The molecule has 0 aliphatic carbocycles. The Labute approximate surface area is 128 Å². The number of nitrogens with zero attached hydrogens (tertiary/aromatic N) is 2. The number of pyridine rings is 1. The first-order valence-electron chi connectivity index (χ1n) is 5.93. The summed E-state index contributed by atoms with van der Waals surface area (Å²) in [6.45, 7) is 0. The quantitative estimate of drug-likeness (QED) is 0.401. The van der Waals surface area contributed by atoms with Gasteiger partial charge in [-0.05, 0) is 34.7 Å². The van der Waals surface area contributed by atoms with Crippen LogP contribution in [0.25, 0.3) is 5.65 Å². The molecule has 2 aromatic heterocycles. The highest BCUT2D eigenvalue weighted by Crippen LogP contribution is 2.13. The van der Waals surface area contributed by atoms with E-state index < -0.39 is 11.6 Å². The lowest BCUT2D eigenvalue weighted by Gasteiger charge is -2.01. The van der Waals surface area contributed by atoms with E-state index in [1.807, 2.05) is 12.1 Å². The lowest BCUT2D eigenvalue weighted by molar-refractivity contribution is 0.0813. The molecule has 0 saturated carbocycles. The summed E-state index contributed by atoms with van der Waals surface area (Å²) >= 11 is 2.15. The smallest absolute Gasteiger partial charge is 0.251 e. The molecule has 0 atom stereocenters. The number of ketones is 2. The summed E-state index contributed by atoms with van der Waals surface area (Å²) in [6.07, 6.45) is 3.23. The number of fused-ring (bicyclic) bond motifs is 1. The molecule has 0 saturated heterocycles. The Kier molecular flexibility index (Phi) is 3.35. The number of carbonyl (C=O) groups excluding carboxylic acids is 2. The molecule has 0 N–H and O–H groups in total. The maximum Gasteiger partial charge on any atom is 0.251 e. The average Bonchev–Trinajstić information content (AvgIpc) is 2.89. The van der Waals surface area contributed by atoms with Crippen molar-refractivity contribution < 1.29 is 9.59 Å². The molecule has 5 heteroatoms. The standard InChI is InChI=1S/C15H9IN2O2/c16-11-6-7-13-17-8-12(18(13)9-11)15(20)14(19)10-4-2-1-3-5-10/h1-9H. The third kappa shape index (κ3) is 2.24. The molecule has 1 aromatic carbocycles. The van der Waals surface area contributed by atoms with Crippen LogP contribution < -0.4 is 0 Å². The van der Waals surface area contributed by atoms with Gasteiger partial charge in [0.15, 0.2) is 0 Å². The van der Waals surface area contributed by atoms with Gasteiger partial charge in [0, 0.05) is 15.3 Å². The topological polar surface area (TPSA) is 51.4 Å². The van der Waals surface area contributed by atoms with Crippen molar-refractivity contribution in [1.82, 2.24) is 9.38 Å². The Morgan fingerprint density at radius 3 is 2.50 bits per heavy atom. The number of Topliss-reactive ketones (excluding diaryl/α,β-unsaturated/α-hetero) is 2. The molecule has 0 radical (unpaired) electrons. The van der Waals surface area contributed by atoms with Crippen molar-refractivity contribution in [3.8, 4) is 0 Å².